The molecule has 0 aliphatic carbocycles. The minimum absolute atomic E-state index is 0.486. The minimum Gasteiger partial charge on any atom is -0.338 e. The van der Waals surface area contributed by atoms with E-state index in [2.05, 4.69) is 42.9 Å². The minimum atomic E-state index is 0.486. The summed E-state index contributed by atoms with van der Waals surface area (Å²) in [5.74, 6) is 0.930. The van der Waals surface area contributed by atoms with Crippen molar-refractivity contribution in [3.63, 3.8) is 0 Å². The average Bonchev–Trinajstić information content (AvgIpc) is 2.47. The van der Waals surface area contributed by atoms with Gasteiger partial charge in [0.1, 0.15) is 0 Å². The van der Waals surface area contributed by atoms with Gasteiger partial charge in [-0.1, -0.05) is 27.2 Å². The summed E-state index contributed by atoms with van der Waals surface area (Å²) in [6.07, 6.45) is 8.38. The van der Waals surface area contributed by atoms with Crippen LogP contribution in [-0.2, 0) is 6.54 Å². The van der Waals surface area contributed by atoms with E-state index in [4.69, 9.17) is 4.98 Å². The second-order valence-corrected chi connectivity index (χ2v) is 6.45. The van der Waals surface area contributed by atoms with Crippen molar-refractivity contribution in [3.8, 4) is 0 Å². The van der Waals surface area contributed by atoms with E-state index in [1.807, 2.05) is 6.20 Å². The fraction of sp³-hybridized carbons (Fsp3) is 0.765. The molecule has 1 N–H and O–H groups in total. The first kappa shape index (κ1) is 16.2. The Morgan fingerprint density at radius 3 is 2.86 bits per heavy atom. The highest BCUT2D eigenvalue weighted by molar-refractivity contribution is 5.35. The molecule has 1 aromatic heterocycles. The smallest absolute Gasteiger partial charge is 0.225 e. The topological polar surface area (TPSA) is 41.1 Å². The largest absolute Gasteiger partial charge is 0.338 e. The lowest BCUT2D eigenvalue weighted by Gasteiger charge is -2.36. The number of hydrogen-bond donors (Lipinski definition) is 1. The van der Waals surface area contributed by atoms with Gasteiger partial charge in [-0.2, -0.15) is 0 Å². The normalized spacial score (nSPS) is 19.3. The summed E-state index contributed by atoms with van der Waals surface area (Å²) in [6.45, 7) is 10.6. The highest BCUT2D eigenvalue weighted by Gasteiger charge is 2.24. The summed E-state index contributed by atoms with van der Waals surface area (Å²) < 4.78 is 0. The highest BCUT2D eigenvalue weighted by Crippen LogP contribution is 2.25. The molecule has 1 aliphatic heterocycles. The molecule has 1 atom stereocenters. The molecule has 1 aliphatic rings. The number of aromatic nitrogens is 2. The van der Waals surface area contributed by atoms with Crippen molar-refractivity contribution < 1.29 is 0 Å². The van der Waals surface area contributed by atoms with Gasteiger partial charge in [0.15, 0.2) is 0 Å². The first-order chi connectivity index (χ1) is 10.1. The van der Waals surface area contributed by atoms with Crippen LogP contribution in [-0.4, -0.2) is 28.6 Å². The van der Waals surface area contributed by atoms with Crippen molar-refractivity contribution in [2.24, 2.45) is 0 Å². The number of nitrogens with one attached hydrogen (secondary N) is 1. The molecule has 0 spiro atoms. The summed E-state index contributed by atoms with van der Waals surface area (Å²) in [7, 11) is 0. The van der Waals surface area contributed by atoms with Crippen LogP contribution in [0.15, 0.2) is 6.20 Å². The average molecular weight is 290 g/mol. The maximum Gasteiger partial charge on any atom is 0.225 e. The van der Waals surface area contributed by atoms with Crippen LogP contribution in [0.25, 0.3) is 0 Å². The summed E-state index contributed by atoms with van der Waals surface area (Å²) in [4.78, 5) is 11.9. The second-order valence-electron chi connectivity index (χ2n) is 6.45. The maximum absolute atomic E-state index is 4.78. The number of rotatable bonds is 6. The van der Waals surface area contributed by atoms with Crippen LogP contribution in [0.5, 0.6) is 0 Å². The molecule has 1 saturated heterocycles. The van der Waals surface area contributed by atoms with E-state index in [-0.39, 0.29) is 0 Å². The molecule has 1 aromatic rings. The molecule has 4 heteroatoms. The Morgan fingerprint density at radius 2 is 2.19 bits per heavy atom. The van der Waals surface area contributed by atoms with Gasteiger partial charge >= 0.3 is 0 Å². The Labute approximate surface area is 129 Å². The quantitative estimate of drug-likeness (QED) is 0.871. The molecule has 2 rings (SSSR count). The molecule has 0 radical (unpaired) electrons. The lowest BCUT2D eigenvalue weighted by Crippen LogP contribution is -2.40. The molecule has 118 valence electrons. The fourth-order valence-electron chi connectivity index (χ4n) is 3.00. The molecule has 21 heavy (non-hydrogen) atoms. The fourth-order valence-corrected chi connectivity index (χ4v) is 3.00. The van der Waals surface area contributed by atoms with Crippen molar-refractivity contribution in [1.29, 1.82) is 0 Å². The van der Waals surface area contributed by atoms with Crippen LogP contribution in [0.2, 0.25) is 0 Å². The zero-order valence-corrected chi connectivity index (χ0v) is 14.0. The Balaban J connectivity index is 2.10. The van der Waals surface area contributed by atoms with Gasteiger partial charge in [-0.15, -0.1) is 0 Å². The first-order valence-electron chi connectivity index (χ1n) is 8.44. The van der Waals surface area contributed by atoms with E-state index in [9.17, 15) is 0 Å². The predicted molar refractivity (Wildman–Crippen MR) is 88.6 cm³/mol. The Hall–Kier alpha value is -1.16. The van der Waals surface area contributed by atoms with Gasteiger partial charge in [-0.3, -0.25) is 0 Å². The summed E-state index contributed by atoms with van der Waals surface area (Å²) in [5.41, 5.74) is 2.31. The van der Waals surface area contributed by atoms with Gasteiger partial charge in [-0.25, -0.2) is 9.97 Å². The van der Waals surface area contributed by atoms with Gasteiger partial charge in [0.05, 0.1) is 0 Å². The van der Waals surface area contributed by atoms with Crippen LogP contribution >= 0.6 is 0 Å². The van der Waals surface area contributed by atoms with Crippen LogP contribution in [0.4, 0.5) is 5.95 Å². The lowest BCUT2D eigenvalue weighted by atomic mass is 9.99. The van der Waals surface area contributed by atoms with Gasteiger partial charge in [-0.05, 0) is 32.6 Å². The third-order valence-electron chi connectivity index (χ3n) is 4.27. The first-order valence-corrected chi connectivity index (χ1v) is 8.44. The van der Waals surface area contributed by atoms with Gasteiger partial charge in [0, 0.05) is 42.6 Å². The standard InChI is InChI=1S/C17H30N4/c1-5-8-16-9-6-7-10-21(16)17-19-12-15(14(4)20-17)11-18-13(2)3/h12-13,16,18H,5-11H2,1-4H3. The summed E-state index contributed by atoms with van der Waals surface area (Å²) in [5, 5.41) is 3.44. The molecular weight excluding hydrogens is 260 g/mol. The van der Waals surface area contributed by atoms with Crippen molar-refractivity contribution in [1.82, 2.24) is 15.3 Å². The van der Waals surface area contributed by atoms with Crippen LogP contribution in [0, 0.1) is 6.92 Å². The SMILES string of the molecule is CCCC1CCCCN1c1ncc(CNC(C)C)c(C)n1. The van der Waals surface area contributed by atoms with E-state index in [0.29, 0.717) is 12.1 Å². The molecule has 0 aromatic carbocycles. The van der Waals surface area contributed by atoms with E-state index in [0.717, 1.165) is 24.7 Å². The molecule has 1 unspecified atom stereocenters. The third kappa shape index (κ3) is 4.40. The molecule has 4 nitrogen and oxygen atoms in total. The van der Waals surface area contributed by atoms with E-state index in [1.54, 1.807) is 0 Å². The predicted octanol–water partition coefficient (Wildman–Crippen LogP) is 3.44. The molecule has 0 saturated carbocycles. The van der Waals surface area contributed by atoms with Gasteiger partial charge in [0.2, 0.25) is 5.95 Å². The van der Waals surface area contributed by atoms with Crippen molar-refractivity contribution in [2.75, 3.05) is 11.4 Å². The van der Waals surface area contributed by atoms with Crippen LogP contribution in [0.3, 0.4) is 0 Å². The monoisotopic (exact) mass is 290 g/mol. The number of piperidine rings is 1. The Bertz CT molecular complexity index is 442. The third-order valence-corrected chi connectivity index (χ3v) is 4.27. The molecule has 0 amide bonds. The van der Waals surface area contributed by atoms with Crippen LogP contribution < -0.4 is 10.2 Å². The second kappa shape index (κ2) is 7.74. The summed E-state index contributed by atoms with van der Waals surface area (Å²) >= 11 is 0. The molecule has 1 fully saturated rings. The molecule has 2 heterocycles. The van der Waals surface area contributed by atoms with E-state index < -0.39 is 0 Å². The van der Waals surface area contributed by atoms with E-state index >= 15 is 0 Å². The number of hydrogen-bond acceptors (Lipinski definition) is 4. The number of aryl methyl sites for hydroxylation is 1. The lowest BCUT2D eigenvalue weighted by molar-refractivity contribution is 0.428. The van der Waals surface area contributed by atoms with E-state index in [1.165, 1.54) is 37.7 Å². The van der Waals surface area contributed by atoms with Gasteiger partial charge in [0.25, 0.3) is 0 Å². The highest BCUT2D eigenvalue weighted by atomic mass is 15.3. The molecule has 0 bridgehead atoms. The van der Waals surface area contributed by atoms with Gasteiger partial charge < -0.3 is 10.2 Å². The van der Waals surface area contributed by atoms with Crippen molar-refractivity contribution in [3.05, 3.63) is 17.5 Å². The number of nitrogens with zero attached hydrogens (tertiary/aromatic N) is 3. The molecular formula is C17H30N4. The zero-order chi connectivity index (χ0) is 15.2. The number of anilines is 1. The Kier molecular flexibility index (Phi) is 5.97. The zero-order valence-electron chi connectivity index (χ0n) is 14.0. The maximum atomic E-state index is 4.78. The van der Waals surface area contributed by atoms with Crippen molar-refractivity contribution in [2.45, 2.75) is 78.4 Å². The van der Waals surface area contributed by atoms with Crippen LogP contribution in [0.1, 0.15) is 64.1 Å². The summed E-state index contributed by atoms with van der Waals surface area (Å²) in [6, 6.07) is 1.11. The Morgan fingerprint density at radius 1 is 1.38 bits per heavy atom. The van der Waals surface area contributed by atoms with Crippen molar-refractivity contribution >= 4 is 5.95 Å².